The van der Waals surface area contributed by atoms with Gasteiger partial charge in [0.1, 0.15) is 5.82 Å². The molecular weight excluding hydrogens is 282 g/mol. The van der Waals surface area contributed by atoms with Crippen LogP contribution in [0.3, 0.4) is 0 Å². The molecule has 0 spiro atoms. The van der Waals surface area contributed by atoms with Crippen molar-refractivity contribution in [3.05, 3.63) is 48.2 Å². The lowest BCUT2D eigenvalue weighted by molar-refractivity contribution is 0.291. The van der Waals surface area contributed by atoms with Crippen molar-refractivity contribution in [2.24, 2.45) is 11.8 Å². The maximum Gasteiger partial charge on any atom is 0.135 e. The maximum atomic E-state index is 4.53. The maximum absolute atomic E-state index is 4.53. The lowest BCUT2D eigenvalue weighted by Crippen LogP contribution is -2.30. The van der Waals surface area contributed by atoms with Gasteiger partial charge >= 0.3 is 0 Å². The summed E-state index contributed by atoms with van der Waals surface area (Å²) < 4.78 is 0. The number of anilines is 3. The van der Waals surface area contributed by atoms with Crippen molar-refractivity contribution in [1.29, 1.82) is 0 Å². The highest BCUT2D eigenvalue weighted by Crippen LogP contribution is 2.37. The second kappa shape index (κ2) is 6.23. The standard InChI is InChI=1S/C20H25N3/c1-15-8-10-16(11-9-15)13-23-14-17-5-4-12-21-20(17)22-18-6-2-3-7-19(18)23/h2-7,12,15-16H,8-11,13-14H2,1H3,(H,21,22). The molecule has 4 rings (SSSR count). The Morgan fingerprint density at radius 2 is 1.91 bits per heavy atom. The van der Waals surface area contributed by atoms with Crippen LogP contribution < -0.4 is 10.2 Å². The molecule has 2 aromatic rings. The fourth-order valence-corrected chi connectivity index (χ4v) is 3.94. The van der Waals surface area contributed by atoms with Gasteiger partial charge in [0.15, 0.2) is 0 Å². The largest absolute Gasteiger partial charge is 0.365 e. The number of hydrogen-bond acceptors (Lipinski definition) is 3. The summed E-state index contributed by atoms with van der Waals surface area (Å²) in [6.45, 7) is 4.49. The van der Waals surface area contributed by atoms with Crippen molar-refractivity contribution >= 4 is 17.2 Å². The Balaban J connectivity index is 1.62. The third-order valence-corrected chi connectivity index (χ3v) is 5.36. The predicted molar refractivity (Wildman–Crippen MR) is 96.1 cm³/mol. The molecular formula is C20H25N3. The average molecular weight is 307 g/mol. The van der Waals surface area contributed by atoms with E-state index >= 15 is 0 Å². The topological polar surface area (TPSA) is 28.2 Å². The Kier molecular flexibility index (Phi) is 3.94. The number of fused-ring (bicyclic) bond motifs is 2. The quantitative estimate of drug-likeness (QED) is 0.849. The number of rotatable bonds is 2. The summed E-state index contributed by atoms with van der Waals surface area (Å²) in [5, 5.41) is 3.52. The van der Waals surface area contributed by atoms with E-state index in [0.29, 0.717) is 0 Å². The van der Waals surface area contributed by atoms with Crippen molar-refractivity contribution in [3.63, 3.8) is 0 Å². The van der Waals surface area contributed by atoms with Gasteiger partial charge in [0.05, 0.1) is 11.4 Å². The molecule has 1 fully saturated rings. The molecule has 1 aliphatic carbocycles. The van der Waals surface area contributed by atoms with Crippen molar-refractivity contribution in [3.8, 4) is 0 Å². The number of nitrogens with one attached hydrogen (secondary N) is 1. The van der Waals surface area contributed by atoms with E-state index in [-0.39, 0.29) is 0 Å². The average Bonchev–Trinajstić information content (AvgIpc) is 2.73. The van der Waals surface area contributed by atoms with E-state index in [4.69, 9.17) is 0 Å². The van der Waals surface area contributed by atoms with Gasteiger partial charge in [-0.2, -0.15) is 0 Å². The monoisotopic (exact) mass is 307 g/mol. The second-order valence-electron chi connectivity index (χ2n) is 7.16. The molecule has 3 heteroatoms. The number of aromatic nitrogens is 1. The van der Waals surface area contributed by atoms with E-state index < -0.39 is 0 Å². The minimum Gasteiger partial charge on any atom is -0.365 e. The highest BCUT2D eigenvalue weighted by molar-refractivity contribution is 5.77. The first-order valence-electron chi connectivity index (χ1n) is 8.84. The van der Waals surface area contributed by atoms with Crippen LogP contribution in [0, 0.1) is 11.8 Å². The Labute approximate surface area is 138 Å². The molecule has 3 nitrogen and oxygen atoms in total. The van der Waals surface area contributed by atoms with Gasteiger partial charge in [-0.3, -0.25) is 0 Å². The minimum absolute atomic E-state index is 0.817. The molecule has 2 heterocycles. The van der Waals surface area contributed by atoms with Crippen LogP contribution in [0.1, 0.15) is 38.2 Å². The molecule has 1 N–H and O–H groups in total. The van der Waals surface area contributed by atoms with Crippen LogP contribution in [0.5, 0.6) is 0 Å². The first-order valence-corrected chi connectivity index (χ1v) is 8.84. The summed E-state index contributed by atoms with van der Waals surface area (Å²) in [4.78, 5) is 7.08. The van der Waals surface area contributed by atoms with Crippen LogP contribution in [0.4, 0.5) is 17.2 Å². The third kappa shape index (κ3) is 3.05. The number of benzene rings is 1. The molecule has 1 saturated carbocycles. The Bertz CT molecular complexity index is 674. The van der Waals surface area contributed by atoms with E-state index in [9.17, 15) is 0 Å². The zero-order valence-corrected chi connectivity index (χ0v) is 13.8. The highest BCUT2D eigenvalue weighted by atomic mass is 15.2. The van der Waals surface area contributed by atoms with Gasteiger partial charge < -0.3 is 10.2 Å². The minimum atomic E-state index is 0.817. The summed E-state index contributed by atoms with van der Waals surface area (Å²) in [6, 6.07) is 12.9. The van der Waals surface area contributed by atoms with Crippen LogP contribution in [0.25, 0.3) is 0 Å². The molecule has 120 valence electrons. The molecule has 0 atom stereocenters. The summed E-state index contributed by atoms with van der Waals surface area (Å²) in [6.07, 6.45) is 7.38. The first-order chi connectivity index (χ1) is 11.3. The van der Waals surface area contributed by atoms with Gasteiger partial charge in [0.2, 0.25) is 0 Å². The van der Waals surface area contributed by atoms with Crippen molar-refractivity contribution in [2.75, 3.05) is 16.8 Å². The fourth-order valence-electron chi connectivity index (χ4n) is 3.94. The Morgan fingerprint density at radius 1 is 1.09 bits per heavy atom. The van der Waals surface area contributed by atoms with Gasteiger partial charge in [-0.15, -0.1) is 0 Å². The van der Waals surface area contributed by atoms with E-state index in [1.165, 1.54) is 42.6 Å². The predicted octanol–water partition coefficient (Wildman–Crippen LogP) is 4.97. The number of pyridine rings is 1. The molecule has 0 bridgehead atoms. The zero-order valence-electron chi connectivity index (χ0n) is 13.8. The zero-order chi connectivity index (χ0) is 15.6. The van der Waals surface area contributed by atoms with Gasteiger partial charge in [-0.1, -0.05) is 38.0 Å². The van der Waals surface area contributed by atoms with Crippen LogP contribution in [0.15, 0.2) is 42.6 Å². The van der Waals surface area contributed by atoms with E-state index in [1.807, 2.05) is 12.3 Å². The molecule has 1 aromatic carbocycles. The van der Waals surface area contributed by atoms with Crippen LogP contribution in [-0.4, -0.2) is 11.5 Å². The van der Waals surface area contributed by atoms with Crippen molar-refractivity contribution in [1.82, 2.24) is 4.98 Å². The first kappa shape index (κ1) is 14.6. The number of para-hydroxylation sites is 2. The van der Waals surface area contributed by atoms with Crippen molar-refractivity contribution < 1.29 is 0 Å². The van der Waals surface area contributed by atoms with Gasteiger partial charge in [0.25, 0.3) is 0 Å². The highest BCUT2D eigenvalue weighted by Gasteiger charge is 2.24. The van der Waals surface area contributed by atoms with Gasteiger partial charge in [-0.05, 0) is 42.9 Å². The summed E-state index contributed by atoms with van der Waals surface area (Å²) >= 11 is 0. The molecule has 23 heavy (non-hydrogen) atoms. The second-order valence-corrected chi connectivity index (χ2v) is 7.16. The van der Waals surface area contributed by atoms with Gasteiger partial charge in [-0.25, -0.2) is 4.98 Å². The summed E-state index contributed by atoms with van der Waals surface area (Å²) in [5.41, 5.74) is 3.77. The molecule has 0 saturated heterocycles. The normalized spacial score (nSPS) is 23.4. The third-order valence-electron chi connectivity index (χ3n) is 5.36. The molecule has 2 aliphatic rings. The van der Waals surface area contributed by atoms with Crippen LogP contribution >= 0.6 is 0 Å². The summed E-state index contributed by atoms with van der Waals surface area (Å²) in [7, 11) is 0. The SMILES string of the molecule is CC1CCC(CN2Cc3cccnc3Nc3ccccc32)CC1. The van der Waals surface area contributed by atoms with Crippen LogP contribution in [0.2, 0.25) is 0 Å². The lowest BCUT2D eigenvalue weighted by Gasteiger charge is -2.33. The molecule has 0 amide bonds. The Morgan fingerprint density at radius 3 is 2.78 bits per heavy atom. The Hall–Kier alpha value is -2.03. The van der Waals surface area contributed by atoms with Gasteiger partial charge in [0, 0.05) is 24.8 Å². The molecule has 1 aliphatic heterocycles. The fraction of sp³-hybridized carbons (Fsp3) is 0.450. The lowest BCUT2D eigenvalue weighted by atomic mass is 9.82. The number of nitrogens with zero attached hydrogens (tertiary/aromatic N) is 2. The molecule has 0 unspecified atom stereocenters. The molecule has 0 radical (unpaired) electrons. The number of hydrogen-bond donors (Lipinski definition) is 1. The summed E-state index contributed by atoms with van der Waals surface area (Å²) in [5.74, 6) is 2.73. The van der Waals surface area contributed by atoms with Crippen molar-refractivity contribution in [2.45, 2.75) is 39.2 Å². The van der Waals surface area contributed by atoms with E-state index in [2.05, 4.69) is 52.5 Å². The molecule has 1 aromatic heterocycles. The van der Waals surface area contributed by atoms with Crippen LogP contribution in [-0.2, 0) is 6.54 Å². The van der Waals surface area contributed by atoms with E-state index in [1.54, 1.807) is 0 Å². The van der Waals surface area contributed by atoms with E-state index in [0.717, 1.165) is 30.7 Å². The smallest absolute Gasteiger partial charge is 0.135 e.